The fourth-order valence-electron chi connectivity index (χ4n) is 3.72. The van der Waals surface area contributed by atoms with Gasteiger partial charge in [-0.1, -0.05) is 109 Å². The van der Waals surface area contributed by atoms with Crippen molar-refractivity contribution in [2.75, 3.05) is 6.61 Å². The van der Waals surface area contributed by atoms with E-state index in [0.29, 0.717) is 0 Å². The van der Waals surface area contributed by atoms with Gasteiger partial charge in [-0.25, -0.2) is 9.97 Å². The van der Waals surface area contributed by atoms with Crippen LogP contribution in [-0.4, -0.2) is 16.6 Å². The van der Waals surface area contributed by atoms with Crippen molar-refractivity contribution in [3.05, 3.63) is 42.2 Å². The molecule has 3 nitrogen and oxygen atoms in total. The zero-order valence-electron chi connectivity index (χ0n) is 19.4. The molecular formula is C27H42N2O. The molecule has 30 heavy (non-hydrogen) atoms. The van der Waals surface area contributed by atoms with Crippen molar-refractivity contribution in [2.24, 2.45) is 0 Å². The topological polar surface area (TPSA) is 35.0 Å². The quantitative estimate of drug-likeness (QED) is 0.247. The van der Waals surface area contributed by atoms with Gasteiger partial charge in [0, 0.05) is 5.56 Å². The first-order valence-corrected chi connectivity index (χ1v) is 12.4. The summed E-state index contributed by atoms with van der Waals surface area (Å²) in [6.07, 6.45) is 21.9. The summed E-state index contributed by atoms with van der Waals surface area (Å²) in [5.41, 5.74) is 2.48. The molecule has 166 valence electrons. The van der Waals surface area contributed by atoms with Crippen molar-refractivity contribution in [1.29, 1.82) is 0 Å². The van der Waals surface area contributed by atoms with Crippen LogP contribution in [0.3, 0.4) is 0 Å². The average molecular weight is 411 g/mol. The molecule has 0 saturated heterocycles. The Morgan fingerprint density at radius 1 is 0.633 bits per heavy atom. The van der Waals surface area contributed by atoms with Gasteiger partial charge in [0.2, 0.25) is 0 Å². The summed E-state index contributed by atoms with van der Waals surface area (Å²) in [6.45, 7) is 5.28. The summed E-state index contributed by atoms with van der Waals surface area (Å²) >= 11 is 0. The predicted molar refractivity (Wildman–Crippen MR) is 128 cm³/mol. The first-order valence-electron chi connectivity index (χ1n) is 12.4. The van der Waals surface area contributed by atoms with Crippen molar-refractivity contribution < 1.29 is 4.74 Å². The molecule has 0 bridgehead atoms. The standard InChI is InChI=1S/C27H42N2O/c1-3-5-7-9-11-13-15-21-30-26-22-28-27(29-23-26)25-19-17-24(18-20-25)16-14-12-10-8-6-4-2/h17-20,22-23H,3-16,21H2,1-2H3. The van der Waals surface area contributed by atoms with Gasteiger partial charge in [-0.3, -0.25) is 0 Å². The van der Waals surface area contributed by atoms with E-state index in [1.807, 2.05) is 0 Å². The van der Waals surface area contributed by atoms with Crippen LogP contribution in [0.5, 0.6) is 5.75 Å². The van der Waals surface area contributed by atoms with E-state index in [2.05, 4.69) is 48.1 Å². The Kier molecular flexibility index (Phi) is 12.9. The van der Waals surface area contributed by atoms with Crippen LogP contribution in [0.2, 0.25) is 0 Å². The van der Waals surface area contributed by atoms with E-state index >= 15 is 0 Å². The Bertz CT molecular complexity index is 652. The molecule has 0 amide bonds. The highest BCUT2D eigenvalue weighted by Gasteiger charge is 2.03. The van der Waals surface area contributed by atoms with Crippen LogP contribution in [0, 0.1) is 0 Å². The van der Waals surface area contributed by atoms with Crippen LogP contribution >= 0.6 is 0 Å². The number of unbranched alkanes of at least 4 members (excludes halogenated alkanes) is 11. The minimum absolute atomic E-state index is 0.754. The number of ether oxygens (including phenoxy) is 1. The molecule has 0 saturated carbocycles. The summed E-state index contributed by atoms with van der Waals surface area (Å²) in [5, 5.41) is 0. The predicted octanol–water partition coefficient (Wildman–Crippen LogP) is 8.18. The largest absolute Gasteiger partial charge is 0.490 e. The molecule has 1 aromatic heterocycles. The molecule has 0 N–H and O–H groups in total. The second kappa shape index (κ2) is 15.9. The molecule has 0 atom stereocenters. The fourth-order valence-corrected chi connectivity index (χ4v) is 3.72. The molecule has 0 radical (unpaired) electrons. The SMILES string of the molecule is CCCCCCCCCOc1cnc(-c2ccc(CCCCCCCC)cc2)nc1. The maximum atomic E-state index is 5.80. The second-order valence-corrected chi connectivity index (χ2v) is 8.43. The molecule has 3 heteroatoms. The van der Waals surface area contributed by atoms with Crippen LogP contribution in [0.4, 0.5) is 0 Å². The fraction of sp³-hybridized carbons (Fsp3) is 0.630. The Balaban J connectivity index is 1.65. The van der Waals surface area contributed by atoms with E-state index in [1.54, 1.807) is 12.4 Å². The minimum atomic E-state index is 0.754. The number of aryl methyl sites for hydroxylation is 1. The smallest absolute Gasteiger partial charge is 0.159 e. The van der Waals surface area contributed by atoms with Gasteiger partial charge in [-0.05, 0) is 24.8 Å². The molecule has 0 fully saturated rings. The van der Waals surface area contributed by atoms with Gasteiger partial charge in [0.05, 0.1) is 19.0 Å². The molecule has 0 aliphatic heterocycles. The monoisotopic (exact) mass is 410 g/mol. The van der Waals surface area contributed by atoms with Crippen LogP contribution in [0.1, 0.15) is 103 Å². The van der Waals surface area contributed by atoms with Crippen LogP contribution in [0.15, 0.2) is 36.7 Å². The lowest BCUT2D eigenvalue weighted by Crippen LogP contribution is -1.99. The minimum Gasteiger partial charge on any atom is -0.490 e. The maximum absolute atomic E-state index is 5.80. The summed E-state index contributed by atoms with van der Waals surface area (Å²) < 4.78 is 5.80. The van der Waals surface area contributed by atoms with Gasteiger partial charge in [-0.15, -0.1) is 0 Å². The number of benzene rings is 1. The summed E-state index contributed by atoms with van der Waals surface area (Å²) in [7, 11) is 0. The van der Waals surface area contributed by atoms with Crippen LogP contribution < -0.4 is 4.74 Å². The molecule has 0 unspecified atom stereocenters. The number of hydrogen-bond donors (Lipinski definition) is 0. The van der Waals surface area contributed by atoms with Crippen molar-refractivity contribution in [1.82, 2.24) is 9.97 Å². The molecule has 0 aliphatic carbocycles. The highest BCUT2D eigenvalue weighted by atomic mass is 16.5. The third-order valence-electron chi connectivity index (χ3n) is 5.68. The van der Waals surface area contributed by atoms with Crippen molar-refractivity contribution in [3.8, 4) is 17.1 Å². The number of aromatic nitrogens is 2. The van der Waals surface area contributed by atoms with E-state index in [9.17, 15) is 0 Å². The molecule has 2 rings (SSSR count). The Morgan fingerprint density at radius 2 is 1.17 bits per heavy atom. The zero-order chi connectivity index (χ0) is 21.3. The molecule has 1 heterocycles. The first kappa shape index (κ1) is 24.4. The van der Waals surface area contributed by atoms with Crippen LogP contribution in [-0.2, 0) is 6.42 Å². The lowest BCUT2D eigenvalue weighted by atomic mass is 10.0. The van der Waals surface area contributed by atoms with Gasteiger partial charge in [-0.2, -0.15) is 0 Å². The molecule has 2 aromatic rings. The Labute approximate surface area is 184 Å². The van der Waals surface area contributed by atoms with Crippen LogP contribution in [0.25, 0.3) is 11.4 Å². The van der Waals surface area contributed by atoms with E-state index in [1.165, 1.54) is 89.0 Å². The molecule has 0 spiro atoms. The third kappa shape index (κ3) is 10.2. The summed E-state index contributed by atoms with van der Waals surface area (Å²) in [6, 6.07) is 8.72. The third-order valence-corrected chi connectivity index (χ3v) is 5.68. The average Bonchev–Trinajstić information content (AvgIpc) is 2.79. The number of nitrogens with zero attached hydrogens (tertiary/aromatic N) is 2. The summed E-state index contributed by atoms with van der Waals surface area (Å²) in [5.74, 6) is 1.54. The first-order chi connectivity index (χ1) is 14.8. The summed E-state index contributed by atoms with van der Waals surface area (Å²) in [4.78, 5) is 8.99. The van der Waals surface area contributed by atoms with Gasteiger partial charge in [0.1, 0.15) is 0 Å². The van der Waals surface area contributed by atoms with Gasteiger partial charge in [0.15, 0.2) is 11.6 Å². The number of rotatable bonds is 17. The van der Waals surface area contributed by atoms with Crippen molar-refractivity contribution in [3.63, 3.8) is 0 Å². The molecule has 1 aromatic carbocycles. The zero-order valence-corrected chi connectivity index (χ0v) is 19.4. The Morgan fingerprint density at radius 3 is 1.77 bits per heavy atom. The normalized spacial score (nSPS) is 11.0. The maximum Gasteiger partial charge on any atom is 0.159 e. The van der Waals surface area contributed by atoms with E-state index < -0.39 is 0 Å². The van der Waals surface area contributed by atoms with Crippen molar-refractivity contribution >= 4 is 0 Å². The highest BCUT2D eigenvalue weighted by Crippen LogP contribution is 2.19. The van der Waals surface area contributed by atoms with E-state index in [0.717, 1.165) is 30.2 Å². The highest BCUT2D eigenvalue weighted by molar-refractivity contribution is 5.55. The second-order valence-electron chi connectivity index (χ2n) is 8.43. The van der Waals surface area contributed by atoms with Gasteiger partial charge < -0.3 is 4.74 Å². The van der Waals surface area contributed by atoms with Gasteiger partial charge in [0.25, 0.3) is 0 Å². The van der Waals surface area contributed by atoms with Gasteiger partial charge >= 0.3 is 0 Å². The van der Waals surface area contributed by atoms with Crippen molar-refractivity contribution in [2.45, 2.75) is 104 Å². The number of hydrogen-bond acceptors (Lipinski definition) is 3. The molecule has 0 aliphatic rings. The Hall–Kier alpha value is -1.90. The lowest BCUT2D eigenvalue weighted by Gasteiger charge is -2.07. The molecular weight excluding hydrogens is 368 g/mol. The van der Waals surface area contributed by atoms with E-state index in [-0.39, 0.29) is 0 Å². The lowest BCUT2D eigenvalue weighted by molar-refractivity contribution is 0.302. The van der Waals surface area contributed by atoms with E-state index in [4.69, 9.17) is 4.74 Å².